The van der Waals surface area contributed by atoms with Crippen LogP contribution in [0.2, 0.25) is 0 Å². The lowest BCUT2D eigenvalue weighted by molar-refractivity contribution is 0.102. The number of hydrogen-bond acceptors (Lipinski definition) is 5. The number of piperidine rings is 1. The van der Waals surface area contributed by atoms with Gasteiger partial charge in [0.1, 0.15) is 0 Å². The zero-order chi connectivity index (χ0) is 19.4. The minimum absolute atomic E-state index is 0.169. The van der Waals surface area contributed by atoms with Crippen molar-refractivity contribution in [2.24, 2.45) is 0 Å². The Morgan fingerprint density at radius 3 is 2.44 bits per heavy atom. The molecule has 2 aromatic rings. The Kier molecular flexibility index (Phi) is 5.79. The number of hydrogen-bond donors (Lipinski definition) is 3. The van der Waals surface area contributed by atoms with Crippen molar-refractivity contribution in [1.82, 2.24) is 4.31 Å². The van der Waals surface area contributed by atoms with Gasteiger partial charge in [0.05, 0.1) is 10.6 Å². The van der Waals surface area contributed by atoms with Gasteiger partial charge >= 0.3 is 0 Å². The summed E-state index contributed by atoms with van der Waals surface area (Å²) in [5, 5.41) is 11.7. The minimum Gasteiger partial charge on any atom is -0.322 e. The second-order valence-electron chi connectivity index (χ2n) is 6.59. The number of amides is 1. The summed E-state index contributed by atoms with van der Waals surface area (Å²) < 4.78 is 27.5. The number of anilines is 2. The van der Waals surface area contributed by atoms with Crippen LogP contribution in [0.25, 0.3) is 0 Å². The molecular formula is C19H23N3O4S. The van der Waals surface area contributed by atoms with Gasteiger partial charge in [-0.25, -0.2) is 8.42 Å². The number of nitrogens with zero attached hydrogens (tertiary/aromatic N) is 1. The van der Waals surface area contributed by atoms with Gasteiger partial charge in [-0.2, -0.15) is 4.31 Å². The smallest absolute Gasteiger partial charge is 0.255 e. The predicted octanol–water partition coefficient (Wildman–Crippen LogP) is 3.22. The summed E-state index contributed by atoms with van der Waals surface area (Å²) in [5.74, 6) is -0.416. The molecule has 0 radical (unpaired) electrons. The first-order chi connectivity index (χ1) is 12.9. The van der Waals surface area contributed by atoms with Crippen molar-refractivity contribution in [3.63, 3.8) is 0 Å². The third-order valence-electron chi connectivity index (χ3n) is 4.63. The molecule has 0 unspecified atom stereocenters. The Labute approximate surface area is 159 Å². The van der Waals surface area contributed by atoms with E-state index in [4.69, 9.17) is 5.21 Å². The fourth-order valence-corrected chi connectivity index (χ4v) is 4.90. The van der Waals surface area contributed by atoms with E-state index in [1.54, 1.807) is 43.3 Å². The van der Waals surface area contributed by atoms with Crippen LogP contribution in [-0.2, 0) is 10.0 Å². The molecule has 1 fully saturated rings. The Morgan fingerprint density at radius 1 is 1.04 bits per heavy atom. The molecule has 0 saturated carbocycles. The maximum Gasteiger partial charge on any atom is 0.255 e. The molecule has 2 aromatic carbocycles. The molecule has 0 atom stereocenters. The Hall–Kier alpha value is -2.42. The quantitative estimate of drug-likeness (QED) is 0.682. The van der Waals surface area contributed by atoms with E-state index in [0.717, 1.165) is 19.3 Å². The molecule has 8 heteroatoms. The second-order valence-corrected chi connectivity index (χ2v) is 8.50. The van der Waals surface area contributed by atoms with E-state index in [-0.39, 0.29) is 10.5 Å². The third kappa shape index (κ3) is 4.29. The lowest BCUT2D eigenvalue weighted by Gasteiger charge is -2.26. The van der Waals surface area contributed by atoms with Crippen molar-refractivity contribution in [1.29, 1.82) is 0 Å². The molecular weight excluding hydrogens is 366 g/mol. The first-order valence-corrected chi connectivity index (χ1v) is 10.3. The van der Waals surface area contributed by atoms with Crippen LogP contribution in [-0.4, -0.2) is 36.9 Å². The number of carbonyl (C=O) groups excluding carboxylic acids is 1. The second kappa shape index (κ2) is 8.08. The van der Waals surface area contributed by atoms with Crippen LogP contribution in [0.15, 0.2) is 47.4 Å². The summed E-state index contributed by atoms with van der Waals surface area (Å²) in [6, 6.07) is 11.3. The molecule has 3 rings (SSSR count). The Bertz CT molecular complexity index is 938. The van der Waals surface area contributed by atoms with Crippen LogP contribution in [0.3, 0.4) is 0 Å². The lowest BCUT2D eigenvalue weighted by Crippen LogP contribution is -2.36. The number of sulfonamides is 1. The molecule has 7 nitrogen and oxygen atoms in total. The van der Waals surface area contributed by atoms with Gasteiger partial charge in [0.15, 0.2) is 0 Å². The molecule has 3 N–H and O–H groups in total. The van der Waals surface area contributed by atoms with E-state index in [2.05, 4.69) is 5.32 Å². The normalized spacial score (nSPS) is 15.3. The number of nitrogens with one attached hydrogen (secondary N) is 2. The van der Waals surface area contributed by atoms with Crippen molar-refractivity contribution >= 4 is 27.3 Å². The van der Waals surface area contributed by atoms with Crippen molar-refractivity contribution in [2.75, 3.05) is 23.9 Å². The summed E-state index contributed by atoms with van der Waals surface area (Å²) in [4.78, 5) is 12.7. The van der Waals surface area contributed by atoms with Crippen molar-refractivity contribution in [3.8, 4) is 0 Å². The van der Waals surface area contributed by atoms with Crippen LogP contribution in [0.5, 0.6) is 0 Å². The van der Waals surface area contributed by atoms with Gasteiger partial charge in [-0.15, -0.1) is 0 Å². The fourth-order valence-electron chi connectivity index (χ4n) is 3.13. The first kappa shape index (κ1) is 19.3. The number of carbonyl (C=O) groups is 1. The van der Waals surface area contributed by atoms with E-state index < -0.39 is 15.9 Å². The zero-order valence-electron chi connectivity index (χ0n) is 15.1. The average Bonchev–Trinajstić information content (AvgIpc) is 2.69. The van der Waals surface area contributed by atoms with Crippen molar-refractivity contribution in [3.05, 3.63) is 53.6 Å². The van der Waals surface area contributed by atoms with E-state index in [1.165, 1.54) is 10.4 Å². The highest BCUT2D eigenvalue weighted by Gasteiger charge is 2.28. The Balaban J connectivity index is 1.87. The maximum absolute atomic E-state index is 13.0. The molecule has 144 valence electrons. The molecule has 1 amide bonds. The van der Waals surface area contributed by atoms with Gasteiger partial charge in [0, 0.05) is 24.3 Å². The summed E-state index contributed by atoms with van der Waals surface area (Å²) in [6.45, 7) is 2.76. The lowest BCUT2D eigenvalue weighted by atomic mass is 10.1. The molecule has 0 bridgehead atoms. The van der Waals surface area contributed by atoms with Crippen LogP contribution < -0.4 is 10.8 Å². The summed E-state index contributed by atoms with van der Waals surface area (Å²) in [5.41, 5.74) is 3.82. The van der Waals surface area contributed by atoms with Gasteiger partial charge in [0.2, 0.25) is 10.0 Å². The van der Waals surface area contributed by atoms with Crippen LogP contribution >= 0.6 is 0 Å². The molecule has 1 aliphatic rings. The highest BCUT2D eigenvalue weighted by molar-refractivity contribution is 7.89. The number of aryl methyl sites for hydroxylation is 1. The molecule has 1 saturated heterocycles. The Morgan fingerprint density at radius 2 is 1.74 bits per heavy atom. The summed E-state index contributed by atoms with van der Waals surface area (Å²) >= 11 is 0. The molecule has 0 spiro atoms. The van der Waals surface area contributed by atoms with Gasteiger partial charge in [-0.05, 0) is 55.7 Å². The SMILES string of the molecule is Cc1ccc(C(=O)Nc2cccc(NO)c2)cc1S(=O)(=O)N1CCCCC1. The highest BCUT2D eigenvalue weighted by Crippen LogP contribution is 2.25. The fraction of sp³-hybridized carbons (Fsp3) is 0.316. The van der Waals surface area contributed by atoms with Crippen molar-refractivity contribution in [2.45, 2.75) is 31.1 Å². The van der Waals surface area contributed by atoms with E-state index in [1.807, 2.05) is 5.48 Å². The largest absolute Gasteiger partial charge is 0.322 e. The van der Waals surface area contributed by atoms with Crippen LogP contribution in [0, 0.1) is 6.92 Å². The molecule has 1 heterocycles. The number of benzene rings is 2. The van der Waals surface area contributed by atoms with E-state index in [0.29, 0.717) is 30.0 Å². The highest BCUT2D eigenvalue weighted by atomic mass is 32.2. The first-order valence-electron chi connectivity index (χ1n) is 8.84. The topological polar surface area (TPSA) is 98.7 Å². The standard InChI is InChI=1S/C19H23N3O4S/c1-14-8-9-15(19(23)20-16-6-5-7-17(13-16)21-24)12-18(14)27(25,26)22-10-3-2-4-11-22/h5-9,12-13,21,24H,2-4,10-11H2,1H3,(H,20,23). The van der Waals surface area contributed by atoms with E-state index in [9.17, 15) is 13.2 Å². The van der Waals surface area contributed by atoms with Gasteiger partial charge < -0.3 is 5.32 Å². The van der Waals surface area contributed by atoms with Crippen LogP contribution in [0.4, 0.5) is 11.4 Å². The monoisotopic (exact) mass is 389 g/mol. The third-order valence-corrected chi connectivity index (χ3v) is 6.67. The van der Waals surface area contributed by atoms with Gasteiger partial charge in [-0.3, -0.25) is 15.5 Å². The molecule has 1 aliphatic heterocycles. The predicted molar refractivity (Wildman–Crippen MR) is 104 cm³/mol. The average molecular weight is 389 g/mol. The van der Waals surface area contributed by atoms with E-state index >= 15 is 0 Å². The molecule has 27 heavy (non-hydrogen) atoms. The maximum atomic E-state index is 13.0. The van der Waals surface area contributed by atoms with Gasteiger partial charge in [0.25, 0.3) is 5.91 Å². The van der Waals surface area contributed by atoms with Crippen LogP contribution in [0.1, 0.15) is 35.2 Å². The zero-order valence-corrected chi connectivity index (χ0v) is 15.9. The van der Waals surface area contributed by atoms with Gasteiger partial charge in [-0.1, -0.05) is 18.6 Å². The minimum atomic E-state index is -3.62. The molecule has 0 aromatic heterocycles. The van der Waals surface area contributed by atoms with Crippen molar-refractivity contribution < 1.29 is 18.4 Å². The number of rotatable bonds is 5. The summed E-state index contributed by atoms with van der Waals surface area (Å²) in [7, 11) is -3.62. The molecule has 0 aliphatic carbocycles. The summed E-state index contributed by atoms with van der Waals surface area (Å²) in [6.07, 6.45) is 2.75.